The van der Waals surface area contributed by atoms with Crippen LogP contribution < -0.4 is 11.5 Å². The van der Waals surface area contributed by atoms with Gasteiger partial charge in [-0.1, -0.05) is 6.92 Å². The summed E-state index contributed by atoms with van der Waals surface area (Å²) in [5, 5.41) is 3.92. The van der Waals surface area contributed by atoms with Gasteiger partial charge in [-0.2, -0.15) is 5.10 Å². The molecule has 1 heterocycles. The lowest BCUT2D eigenvalue weighted by atomic mass is 10.3. The average Bonchev–Trinajstić information content (AvgIpc) is 2.34. The molecule has 0 saturated heterocycles. The molecule has 0 aliphatic rings. The summed E-state index contributed by atoms with van der Waals surface area (Å²) >= 11 is 0. The fraction of sp³-hybridized carbons (Fsp3) is 0.429. The summed E-state index contributed by atoms with van der Waals surface area (Å²) in [6, 6.07) is 0. The van der Waals surface area contributed by atoms with Crippen LogP contribution in [-0.4, -0.2) is 15.7 Å². The number of hydrogen-bond acceptors (Lipinski definition) is 3. The number of hydrogen-bond donors (Lipinski definition) is 2. The van der Waals surface area contributed by atoms with E-state index in [1.165, 1.54) is 6.20 Å². The molecule has 0 aromatic carbocycles. The lowest BCUT2D eigenvalue weighted by molar-refractivity contribution is 0.100. The Bertz CT molecular complexity index is 292. The molecule has 1 aromatic heterocycles. The molecule has 0 aliphatic heterocycles. The highest BCUT2D eigenvalue weighted by Crippen LogP contribution is 2.09. The van der Waals surface area contributed by atoms with Crippen molar-refractivity contribution in [2.45, 2.75) is 19.9 Å². The molecule has 0 unspecified atom stereocenters. The van der Waals surface area contributed by atoms with Crippen molar-refractivity contribution >= 4 is 11.7 Å². The van der Waals surface area contributed by atoms with E-state index in [0.717, 1.165) is 6.42 Å². The van der Waals surface area contributed by atoms with Crippen molar-refractivity contribution in [3.8, 4) is 0 Å². The molecule has 0 fully saturated rings. The largest absolute Gasteiger partial charge is 0.383 e. The van der Waals surface area contributed by atoms with E-state index < -0.39 is 5.91 Å². The van der Waals surface area contributed by atoms with Gasteiger partial charge >= 0.3 is 0 Å². The maximum atomic E-state index is 10.7. The highest BCUT2D eigenvalue weighted by atomic mass is 16.1. The number of anilines is 1. The predicted molar refractivity (Wildman–Crippen MR) is 45.4 cm³/mol. The molecule has 0 aliphatic carbocycles. The highest BCUT2D eigenvalue weighted by Gasteiger charge is 2.10. The minimum absolute atomic E-state index is 0.295. The number of nitrogens with two attached hydrogens (primary N) is 2. The predicted octanol–water partition coefficient (Wildman–Crippen LogP) is -0.0258. The van der Waals surface area contributed by atoms with Gasteiger partial charge in [-0.15, -0.1) is 0 Å². The normalized spacial score (nSPS) is 10.1. The van der Waals surface area contributed by atoms with Crippen LogP contribution in [0.15, 0.2) is 6.20 Å². The summed E-state index contributed by atoms with van der Waals surface area (Å²) in [6.45, 7) is 2.71. The summed E-state index contributed by atoms with van der Waals surface area (Å²) in [5.41, 5.74) is 10.9. The van der Waals surface area contributed by atoms with Crippen LogP contribution in [0.25, 0.3) is 0 Å². The van der Waals surface area contributed by atoms with E-state index >= 15 is 0 Å². The third-order valence-electron chi connectivity index (χ3n) is 1.58. The summed E-state index contributed by atoms with van der Waals surface area (Å²) < 4.78 is 1.57. The van der Waals surface area contributed by atoms with Crippen molar-refractivity contribution in [3.63, 3.8) is 0 Å². The first-order chi connectivity index (χ1) is 5.66. The molecule has 0 atom stereocenters. The summed E-state index contributed by atoms with van der Waals surface area (Å²) in [7, 11) is 0. The molecular weight excluding hydrogens is 156 g/mol. The Kier molecular flexibility index (Phi) is 2.32. The Morgan fingerprint density at radius 1 is 1.75 bits per heavy atom. The van der Waals surface area contributed by atoms with E-state index in [9.17, 15) is 4.79 Å². The van der Waals surface area contributed by atoms with Gasteiger partial charge in [0.1, 0.15) is 11.4 Å². The fourth-order valence-electron chi connectivity index (χ4n) is 0.975. The van der Waals surface area contributed by atoms with Gasteiger partial charge in [0.15, 0.2) is 0 Å². The quantitative estimate of drug-likeness (QED) is 0.664. The summed E-state index contributed by atoms with van der Waals surface area (Å²) in [5.74, 6) is -0.181. The van der Waals surface area contributed by atoms with Crippen LogP contribution in [0.1, 0.15) is 23.7 Å². The fourth-order valence-corrected chi connectivity index (χ4v) is 0.975. The second-order valence-corrected chi connectivity index (χ2v) is 2.53. The van der Waals surface area contributed by atoms with E-state index in [2.05, 4.69) is 5.10 Å². The molecule has 0 bridgehead atoms. The van der Waals surface area contributed by atoms with E-state index in [1.54, 1.807) is 4.68 Å². The van der Waals surface area contributed by atoms with Crippen molar-refractivity contribution in [1.82, 2.24) is 9.78 Å². The van der Waals surface area contributed by atoms with Crippen molar-refractivity contribution in [3.05, 3.63) is 11.8 Å². The monoisotopic (exact) mass is 168 g/mol. The van der Waals surface area contributed by atoms with Crippen molar-refractivity contribution in [2.75, 3.05) is 5.73 Å². The molecule has 12 heavy (non-hydrogen) atoms. The van der Waals surface area contributed by atoms with Crippen LogP contribution in [0, 0.1) is 0 Å². The first-order valence-electron chi connectivity index (χ1n) is 3.78. The van der Waals surface area contributed by atoms with Crippen LogP contribution in [0.3, 0.4) is 0 Å². The Hall–Kier alpha value is -1.52. The minimum Gasteiger partial charge on any atom is -0.383 e. The standard InChI is InChI=1S/C7H12N4O/c1-2-3-11-6(8)5(4-10-11)7(9)12/h4H,2-3,8H2,1H3,(H2,9,12). The van der Waals surface area contributed by atoms with Crippen LogP contribution in [0.4, 0.5) is 5.82 Å². The number of nitrogens with zero attached hydrogens (tertiary/aromatic N) is 2. The molecule has 1 amide bonds. The zero-order valence-corrected chi connectivity index (χ0v) is 6.95. The maximum absolute atomic E-state index is 10.7. The Balaban J connectivity index is 2.96. The Morgan fingerprint density at radius 2 is 2.42 bits per heavy atom. The first kappa shape index (κ1) is 8.58. The molecule has 5 heteroatoms. The van der Waals surface area contributed by atoms with Crippen LogP contribution in [0.5, 0.6) is 0 Å². The number of aryl methyl sites for hydroxylation is 1. The van der Waals surface area contributed by atoms with Gasteiger partial charge in [-0.3, -0.25) is 4.79 Å². The van der Waals surface area contributed by atoms with Crippen LogP contribution in [-0.2, 0) is 6.54 Å². The lowest BCUT2D eigenvalue weighted by Crippen LogP contribution is -2.13. The minimum atomic E-state index is -0.533. The zero-order valence-electron chi connectivity index (χ0n) is 6.95. The Labute approximate surface area is 70.3 Å². The first-order valence-corrected chi connectivity index (χ1v) is 3.78. The Morgan fingerprint density at radius 3 is 2.83 bits per heavy atom. The van der Waals surface area contributed by atoms with Gasteiger partial charge in [0.25, 0.3) is 5.91 Å². The van der Waals surface area contributed by atoms with E-state index in [1.807, 2.05) is 6.92 Å². The zero-order chi connectivity index (χ0) is 9.14. The van der Waals surface area contributed by atoms with Crippen molar-refractivity contribution in [2.24, 2.45) is 5.73 Å². The second-order valence-electron chi connectivity index (χ2n) is 2.53. The number of rotatable bonds is 3. The molecule has 1 rings (SSSR count). The number of amides is 1. The molecule has 5 nitrogen and oxygen atoms in total. The van der Waals surface area contributed by atoms with E-state index in [4.69, 9.17) is 11.5 Å². The van der Waals surface area contributed by atoms with E-state index in [-0.39, 0.29) is 0 Å². The van der Waals surface area contributed by atoms with Crippen molar-refractivity contribution in [1.29, 1.82) is 0 Å². The summed E-state index contributed by atoms with van der Waals surface area (Å²) in [4.78, 5) is 10.7. The molecule has 1 aromatic rings. The van der Waals surface area contributed by atoms with Gasteiger partial charge in [0.05, 0.1) is 6.20 Å². The summed E-state index contributed by atoms with van der Waals surface area (Å²) in [6.07, 6.45) is 2.32. The van der Waals surface area contributed by atoms with Crippen LogP contribution >= 0.6 is 0 Å². The average molecular weight is 168 g/mol. The number of primary amides is 1. The van der Waals surface area contributed by atoms with Gasteiger partial charge in [-0.05, 0) is 6.42 Å². The van der Waals surface area contributed by atoms with Gasteiger partial charge in [0, 0.05) is 6.54 Å². The molecule has 0 radical (unpaired) electrons. The number of aromatic nitrogens is 2. The van der Waals surface area contributed by atoms with Gasteiger partial charge in [0.2, 0.25) is 0 Å². The third kappa shape index (κ3) is 1.39. The molecule has 4 N–H and O–H groups in total. The van der Waals surface area contributed by atoms with Gasteiger partial charge in [-0.25, -0.2) is 4.68 Å². The highest BCUT2D eigenvalue weighted by molar-refractivity contribution is 5.96. The van der Waals surface area contributed by atoms with Gasteiger partial charge < -0.3 is 11.5 Å². The molecular formula is C7H12N4O. The smallest absolute Gasteiger partial charge is 0.254 e. The molecule has 0 spiro atoms. The number of carbonyl (C=O) groups is 1. The lowest BCUT2D eigenvalue weighted by Gasteiger charge is -2.00. The van der Waals surface area contributed by atoms with Crippen LogP contribution in [0.2, 0.25) is 0 Å². The molecule has 66 valence electrons. The number of nitrogen functional groups attached to an aromatic ring is 1. The maximum Gasteiger partial charge on any atom is 0.254 e. The second kappa shape index (κ2) is 3.25. The third-order valence-corrected chi connectivity index (χ3v) is 1.58. The van der Waals surface area contributed by atoms with Crippen molar-refractivity contribution < 1.29 is 4.79 Å². The topological polar surface area (TPSA) is 86.9 Å². The molecule has 0 saturated carbocycles. The number of carbonyl (C=O) groups excluding carboxylic acids is 1. The van der Waals surface area contributed by atoms with E-state index in [0.29, 0.717) is 17.9 Å². The SMILES string of the molecule is CCCn1ncc(C(N)=O)c1N.